The van der Waals surface area contributed by atoms with Crippen molar-refractivity contribution >= 4 is 11.6 Å². The summed E-state index contributed by atoms with van der Waals surface area (Å²) in [7, 11) is 0. The molecule has 5 heteroatoms. The van der Waals surface area contributed by atoms with Crippen molar-refractivity contribution in [1.29, 1.82) is 0 Å². The summed E-state index contributed by atoms with van der Waals surface area (Å²) in [5.41, 5.74) is 8.99. The molecule has 1 aromatic carbocycles. The molecule has 1 amide bonds. The zero-order valence-electron chi connectivity index (χ0n) is 12.8. The Balaban J connectivity index is 2.15. The number of nitrogen functional groups attached to an aromatic ring is 1. The number of aromatic nitrogens is 2. The Labute approximate surface area is 125 Å². The van der Waals surface area contributed by atoms with Crippen molar-refractivity contribution in [3.8, 4) is 0 Å². The van der Waals surface area contributed by atoms with Gasteiger partial charge >= 0.3 is 0 Å². The summed E-state index contributed by atoms with van der Waals surface area (Å²) >= 11 is 0. The van der Waals surface area contributed by atoms with Gasteiger partial charge in [0.1, 0.15) is 5.69 Å². The van der Waals surface area contributed by atoms with Gasteiger partial charge in [-0.1, -0.05) is 19.1 Å². The predicted molar refractivity (Wildman–Crippen MR) is 84.0 cm³/mol. The molecule has 0 radical (unpaired) electrons. The topological polar surface area (TPSA) is 72.9 Å². The minimum Gasteiger partial charge on any atom is -0.399 e. The smallest absolute Gasteiger partial charge is 0.270 e. The van der Waals surface area contributed by atoms with E-state index in [-0.39, 0.29) is 11.9 Å². The van der Waals surface area contributed by atoms with Gasteiger partial charge in [-0.3, -0.25) is 9.48 Å². The van der Waals surface area contributed by atoms with Crippen LogP contribution in [0.2, 0.25) is 0 Å². The highest BCUT2D eigenvalue weighted by molar-refractivity contribution is 5.93. The summed E-state index contributed by atoms with van der Waals surface area (Å²) in [6, 6.07) is 9.29. The first-order valence-electron chi connectivity index (χ1n) is 7.28. The van der Waals surface area contributed by atoms with Crippen LogP contribution in [-0.4, -0.2) is 15.7 Å². The van der Waals surface area contributed by atoms with Crippen LogP contribution >= 0.6 is 0 Å². The Kier molecular flexibility index (Phi) is 4.62. The minimum atomic E-state index is -0.112. The van der Waals surface area contributed by atoms with E-state index in [9.17, 15) is 4.79 Å². The number of carbonyl (C=O) groups excluding carboxylic acids is 1. The molecule has 0 aliphatic rings. The Bertz CT molecular complexity index is 633. The first kappa shape index (κ1) is 15.1. The summed E-state index contributed by atoms with van der Waals surface area (Å²) in [5, 5.41) is 7.39. The van der Waals surface area contributed by atoms with Crippen molar-refractivity contribution in [3.05, 3.63) is 47.3 Å². The Hall–Kier alpha value is -2.30. The van der Waals surface area contributed by atoms with E-state index in [1.807, 2.05) is 51.1 Å². The average molecular weight is 286 g/mol. The number of rotatable bonds is 5. The van der Waals surface area contributed by atoms with Crippen LogP contribution in [0.4, 0.5) is 5.69 Å². The van der Waals surface area contributed by atoms with E-state index in [0.717, 1.165) is 17.7 Å². The van der Waals surface area contributed by atoms with E-state index in [1.165, 1.54) is 0 Å². The molecule has 5 nitrogen and oxygen atoms in total. The molecule has 0 aliphatic heterocycles. The molecule has 1 atom stereocenters. The molecule has 2 aromatic rings. The number of hydrogen-bond donors (Lipinski definition) is 2. The summed E-state index contributed by atoms with van der Waals surface area (Å²) in [6.45, 7) is 6.62. The molecule has 0 fully saturated rings. The molecule has 1 heterocycles. The maximum atomic E-state index is 12.4. The lowest BCUT2D eigenvalue weighted by Gasteiger charge is -2.15. The number of nitrogens with one attached hydrogen (secondary N) is 1. The first-order chi connectivity index (χ1) is 10.0. The zero-order chi connectivity index (χ0) is 15.4. The summed E-state index contributed by atoms with van der Waals surface area (Å²) < 4.78 is 1.74. The number of nitrogens with two attached hydrogens (primary N) is 1. The molecule has 0 aliphatic carbocycles. The maximum absolute atomic E-state index is 12.4. The molecular weight excluding hydrogens is 264 g/mol. The third-order valence-electron chi connectivity index (χ3n) is 3.48. The summed E-state index contributed by atoms with van der Waals surface area (Å²) in [4.78, 5) is 12.4. The van der Waals surface area contributed by atoms with Gasteiger partial charge in [-0.2, -0.15) is 5.10 Å². The van der Waals surface area contributed by atoms with Gasteiger partial charge in [0.05, 0.1) is 11.7 Å². The van der Waals surface area contributed by atoms with Crippen LogP contribution in [-0.2, 0) is 13.0 Å². The van der Waals surface area contributed by atoms with Gasteiger partial charge in [-0.15, -0.1) is 0 Å². The van der Waals surface area contributed by atoms with Crippen molar-refractivity contribution in [2.24, 2.45) is 0 Å². The van der Waals surface area contributed by atoms with Crippen molar-refractivity contribution in [1.82, 2.24) is 15.1 Å². The van der Waals surface area contributed by atoms with Crippen molar-refractivity contribution in [2.75, 3.05) is 5.73 Å². The standard InChI is InChI=1S/C16H22N4O/c1-4-14-10-15(20(5-2)19-14)16(21)18-11(3)12-7-6-8-13(17)9-12/h6-11H,4-5,17H2,1-3H3,(H,18,21). The maximum Gasteiger partial charge on any atom is 0.270 e. The second kappa shape index (κ2) is 6.43. The normalized spacial score (nSPS) is 12.1. The molecule has 0 saturated carbocycles. The highest BCUT2D eigenvalue weighted by atomic mass is 16.2. The fourth-order valence-electron chi connectivity index (χ4n) is 2.25. The highest BCUT2D eigenvalue weighted by Gasteiger charge is 2.16. The van der Waals surface area contributed by atoms with Crippen LogP contribution in [0, 0.1) is 0 Å². The van der Waals surface area contributed by atoms with Crippen LogP contribution in [0.15, 0.2) is 30.3 Å². The largest absolute Gasteiger partial charge is 0.399 e. The molecule has 21 heavy (non-hydrogen) atoms. The van der Waals surface area contributed by atoms with Crippen molar-refractivity contribution in [3.63, 3.8) is 0 Å². The van der Waals surface area contributed by atoms with E-state index in [4.69, 9.17) is 5.73 Å². The highest BCUT2D eigenvalue weighted by Crippen LogP contribution is 2.16. The fraction of sp³-hybridized carbons (Fsp3) is 0.375. The monoisotopic (exact) mass is 286 g/mol. The molecule has 1 aromatic heterocycles. The lowest BCUT2D eigenvalue weighted by molar-refractivity contribution is 0.0929. The van der Waals surface area contributed by atoms with Gasteiger partial charge < -0.3 is 11.1 Å². The van der Waals surface area contributed by atoms with E-state index in [0.29, 0.717) is 17.9 Å². The fourth-order valence-corrected chi connectivity index (χ4v) is 2.25. The van der Waals surface area contributed by atoms with Crippen LogP contribution < -0.4 is 11.1 Å². The number of hydrogen-bond acceptors (Lipinski definition) is 3. The number of aryl methyl sites for hydroxylation is 2. The van der Waals surface area contributed by atoms with Crippen LogP contribution in [0.5, 0.6) is 0 Å². The third kappa shape index (κ3) is 3.42. The average Bonchev–Trinajstić information content (AvgIpc) is 2.90. The number of anilines is 1. The predicted octanol–water partition coefficient (Wildman–Crippen LogP) is 2.54. The Morgan fingerprint density at radius 3 is 2.76 bits per heavy atom. The van der Waals surface area contributed by atoms with Gasteiger partial charge in [0.15, 0.2) is 0 Å². The van der Waals surface area contributed by atoms with Crippen molar-refractivity contribution < 1.29 is 4.79 Å². The number of amides is 1. The lowest BCUT2D eigenvalue weighted by atomic mass is 10.1. The molecular formula is C16H22N4O. The molecule has 2 rings (SSSR count). The number of carbonyl (C=O) groups is 1. The molecule has 1 unspecified atom stereocenters. The Morgan fingerprint density at radius 1 is 1.38 bits per heavy atom. The SMILES string of the molecule is CCc1cc(C(=O)NC(C)c2cccc(N)c2)n(CC)n1. The molecule has 112 valence electrons. The van der Waals surface area contributed by atoms with Crippen LogP contribution in [0.1, 0.15) is 48.6 Å². The van der Waals surface area contributed by atoms with E-state index < -0.39 is 0 Å². The minimum absolute atomic E-state index is 0.105. The van der Waals surface area contributed by atoms with Gasteiger partial charge in [0.25, 0.3) is 5.91 Å². The molecule has 3 N–H and O–H groups in total. The van der Waals surface area contributed by atoms with Crippen molar-refractivity contribution in [2.45, 2.75) is 39.8 Å². The lowest BCUT2D eigenvalue weighted by Crippen LogP contribution is -2.28. The van der Waals surface area contributed by atoms with Gasteiger partial charge in [-0.25, -0.2) is 0 Å². The number of nitrogens with zero attached hydrogens (tertiary/aromatic N) is 2. The second-order valence-electron chi connectivity index (χ2n) is 5.06. The van der Waals surface area contributed by atoms with E-state index >= 15 is 0 Å². The quantitative estimate of drug-likeness (QED) is 0.830. The van der Waals surface area contributed by atoms with Crippen LogP contribution in [0.25, 0.3) is 0 Å². The Morgan fingerprint density at radius 2 is 2.14 bits per heavy atom. The number of benzene rings is 1. The summed E-state index contributed by atoms with van der Waals surface area (Å²) in [6.07, 6.45) is 0.818. The van der Waals surface area contributed by atoms with E-state index in [2.05, 4.69) is 10.4 Å². The molecule has 0 saturated heterocycles. The zero-order valence-corrected chi connectivity index (χ0v) is 12.8. The van der Waals surface area contributed by atoms with Gasteiger partial charge in [0, 0.05) is 12.2 Å². The molecule has 0 spiro atoms. The second-order valence-corrected chi connectivity index (χ2v) is 5.06. The van der Waals surface area contributed by atoms with Gasteiger partial charge in [0.2, 0.25) is 0 Å². The van der Waals surface area contributed by atoms with Crippen LogP contribution in [0.3, 0.4) is 0 Å². The summed E-state index contributed by atoms with van der Waals surface area (Å²) in [5.74, 6) is -0.112. The first-order valence-corrected chi connectivity index (χ1v) is 7.28. The third-order valence-corrected chi connectivity index (χ3v) is 3.48. The molecule has 0 bridgehead atoms. The van der Waals surface area contributed by atoms with Gasteiger partial charge in [-0.05, 0) is 44.0 Å². The van der Waals surface area contributed by atoms with E-state index in [1.54, 1.807) is 4.68 Å².